The molecule has 2 heterocycles. The van der Waals surface area contributed by atoms with Gasteiger partial charge in [0.05, 0.1) is 12.0 Å². The number of carbonyl (C=O) groups is 1. The Bertz CT molecular complexity index is 495. The lowest BCUT2D eigenvalue weighted by Gasteiger charge is -2.05. The summed E-state index contributed by atoms with van der Waals surface area (Å²) in [5.41, 5.74) is 2.51. The highest BCUT2D eigenvalue weighted by Gasteiger charge is 2.16. The second-order valence-corrected chi connectivity index (χ2v) is 4.21. The number of thiazole rings is 1. The highest BCUT2D eigenvalue weighted by Crippen LogP contribution is 2.24. The summed E-state index contributed by atoms with van der Waals surface area (Å²) in [4.78, 5) is 15.3. The Kier molecular flexibility index (Phi) is 3.52. The fourth-order valence-corrected chi connectivity index (χ4v) is 2.10. The molecule has 2 aromatic rings. The Morgan fingerprint density at radius 3 is 3.18 bits per heavy atom. The molecule has 2 rings (SSSR count). The second-order valence-electron chi connectivity index (χ2n) is 3.35. The molecule has 7 heteroatoms. The minimum absolute atomic E-state index is 0.125. The van der Waals surface area contributed by atoms with Gasteiger partial charge in [-0.2, -0.15) is 0 Å². The molecule has 1 atom stereocenters. The number of rotatable bonds is 4. The number of hydrogen-bond acceptors (Lipinski definition) is 6. The van der Waals surface area contributed by atoms with Crippen LogP contribution in [0, 0.1) is 0 Å². The fraction of sp³-hybridized carbons (Fsp3) is 0.200. The predicted molar refractivity (Wildman–Crippen MR) is 61.9 cm³/mol. The van der Waals surface area contributed by atoms with Crippen LogP contribution in [0.2, 0.25) is 0 Å². The van der Waals surface area contributed by atoms with Crippen LogP contribution in [0.4, 0.5) is 0 Å². The molecule has 0 aliphatic heterocycles. The maximum atomic E-state index is 11.0. The number of aromatic nitrogens is 1. The zero-order valence-electron chi connectivity index (χ0n) is 8.79. The lowest BCUT2D eigenvalue weighted by Crippen LogP contribution is -2.40. The van der Waals surface area contributed by atoms with Gasteiger partial charge in [-0.1, -0.05) is 0 Å². The molecule has 6 nitrogen and oxygen atoms in total. The number of nitrogens with zero attached hydrogens (tertiary/aromatic N) is 1. The van der Waals surface area contributed by atoms with Crippen LogP contribution in [0.3, 0.4) is 0 Å². The van der Waals surface area contributed by atoms with Crippen molar-refractivity contribution >= 4 is 17.2 Å². The van der Waals surface area contributed by atoms with E-state index >= 15 is 0 Å². The van der Waals surface area contributed by atoms with E-state index in [-0.39, 0.29) is 6.42 Å². The first-order chi connectivity index (χ1) is 8.20. The lowest BCUT2D eigenvalue weighted by atomic mass is 10.2. The van der Waals surface area contributed by atoms with E-state index in [0.29, 0.717) is 16.5 Å². The van der Waals surface area contributed by atoms with Crippen LogP contribution in [0.15, 0.2) is 28.2 Å². The van der Waals surface area contributed by atoms with Gasteiger partial charge in [0.2, 0.25) is 0 Å². The van der Waals surface area contributed by atoms with Crippen LogP contribution in [0.25, 0.3) is 10.8 Å². The molecule has 0 aliphatic carbocycles. The van der Waals surface area contributed by atoms with Gasteiger partial charge in [-0.3, -0.25) is 10.2 Å². The maximum Gasteiger partial charge on any atom is 0.263 e. The fourth-order valence-electron chi connectivity index (χ4n) is 1.30. The van der Waals surface area contributed by atoms with Crippen LogP contribution in [-0.4, -0.2) is 22.1 Å². The molecular weight excluding hydrogens is 242 g/mol. The van der Waals surface area contributed by atoms with E-state index in [9.17, 15) is 9.90 Å². The lowest BCUT2D eigenvalue weighted by molar-refractivity contribution is -0.129. The maximum absolute atomic E-state index is 11.0. The zero-order chi connectivity index (χ0) is 12.3. The molecule has 0 saturated heterocycles. The van der Waals surface area contributed by atoms with Crippen molar-refractivity contribution in [2.45, 2.75) is 12.5 Å². The summed E-state index contributed by atoms with van der Waals surface area (Å²) in [5.74, 6) is 4.96. The molecule has 0 aliphatic rings. The minimum Gasteiger partial charge on any atom is -0.462 e. The molecule has 2 aromatic heterocycles. The van der Waals surface area contributed by atoms with Crippen molar-refractivity contribution in [1.29, 1.82) is 0 Å². The molecule has 0 saturated carbocycles. The van der Waals surface area contributed by atoms with Gasteiger partial charge in [0.25, 0.3) is 5.91 Å². The average molecular weight is 253 g/mol. The van der Waals surface area contributed by atoms with E-state index in [1.807, 2.05) is 5.43 Å². The third-order valence-electron chi connectivity index (χ3n) is 2.13. The highest BCUT2D eigenvalue weighted by atomic mass is 32.1. The molecule has 0 radical (unpaired) electrons. The van der Waals surface area contributed by atoms with Gasteiger partial charge >= 0.3 is 0 Å². The van der Waals surface area contributed by atoms with E-state index in [1.54, 1.807) is 23.8 Å². The number of hydrazine groups is 1. The first-order valence-corrected chi connectivity index (χ1v) is 5.75. The van der Waals surface area contributed by atoms with Gasteiger partial charge < -0.3 is 9.52 Å². The number of aliphatic hydroxyl groups is 1. The normalized spacial score (nSPS) is 12.4. The topological polar surface area (TPSA) is 101 Å². The van der Waals surface area contributed by atoms with E-state index in [1.165, 1.54) is 11.3 Å². The summed E-state index contributed by atoms with van der Waals surface area (Å²) in [7, 11) is 0. The molecule has 4 N–H and O–H groups in total. The number of aliphatic hydroxyl groups excluding tert-OH is 1. The van der Waals surface area contributed by atoms with Crippen LogP contribution in [0.5, 0.6) is 0 Å². The van der Waals surface area contributed by atoms with Crippen molar-refractivity contribution in [3.63, 3.8) is 0 Å². The Morgan fingerprint density at radius 2 is 2.53 bits per heavy atom. The first kappa shape index (κ1) is 11.8. The Balaban J connectivity index is 2.06. The Hall–Kier alpha value is -1.70. The summed E-state index contributed by atoms with van der Waals surface area (Å²) < 4.78 is 5.19. The summed E-state index contributed by atoms with van der Waals surface area (Å²) in [6, 6.07) is 3.57. The SMILES string of the molecule is NNC(=O)[C@@H](O)Cc1csc(-c2ccco2)n1. The first-order valence-electron chi connectivity index (χ1n) is 4.87. The standard InChI is InChI=1S/C10H11N3O3S/c11-13-9(15)7(14)4-6-5-17-10(12-6)8-2-1-3-16-8/h1-3,5,7,14H,4,11H2,(H,13,15)/t7-/m0/s1. The summed E-state index contributed by atoms with van der Waals surface area (Å²) in [6.45, 7) is 0. The third-order valence-corrected chi connectivity index (χ3v) is 3.04. The summed E-state index contributed by atoms with van der Waals surface area (Å²) >= 11 is 1.39. The van der Waals surface area contributed by atoms with Gasteiger partial charge in [-0.15, -0.1) is 11.3 Å². The van der Waals surface area contributed by atoms with Crippen molar-refractivity contribution in [2.24, 2.45) is 5.84 Å². The predicted octanol–water partition coefficient (Wildman–Crippen LogP) is 0.296. The monoisotopic (exact) mass is 253 g/mol. The molecule has 0 unspecified atom stereocenters. The van der Waals surface area contributed by atoms with E-state index in [0.717, 1.165) is 0 Å². The van der Waals surface area contributed by atoms with E-state index in [4.69, 9.17) is 10.3 Å². The van der Waals surface area contributed by atoms with Crippen molar-refractivity contribution < 1.29 is 14.3 Å². The van der Waals surface area contributed by atoms with Gasteiger partial charge in [0.15, 0.2) is 10.8 Å². The Morgan fingerprint density at radius 1 is 1.71 bits per heavy atom. The molecule has 90 valence electrons. The number of furan rings is 1. The average Bonchev–Trinajstić information content (AvgIpc) is 2.97. The van der Waals surface area contributed by atoms with Crippen LogP contribution in [0.1, 0.15) is 5.69 Å². The van der Waals surface area contributed by atoms with Gasteiger partial charge in [-0.05, 0) is 12.1 Å². The molecule has 1 amide bonds. The summed E-state index contributed by atoms with van der Waals surface area (Å²) in [6.07, 6.45) is 0.499. The molecule has 17 heavy (non-hydrogen) atoms. The quantitative estimate of drug-likeness (QED) is 0.413. The van der Waals surface area contributed by atoms with Crippen molar-refractivity contribution in [2.75, 3.05) is 0 Å². The molecule has 0 spiro atoms. The largest absolute Gasteiger partial charge is 0.462 e. The van der Waals surface area contributed by atoms with Crippen LogP contribution >= 0.6 is 11.3 Å². The van der Waals surface area contributed by atoms with E-state index in [2.05, 4.69) is 4.98 Å². The van der Waals surface area contributed by atoms with Crippen molar-refractivity contribution in [3.05, 3.63) is 29.5 Å². The number of nitrogens with one attached hydrogen (secondary N) is 1. The number of amides is 1. The third kappa shape index (κ3) is 2.70. The molecule has 0 fully saturated rings. The summed E-state index contributed by atoms with van der Waals surface area (Å²) in [5, 5.41) is 11.9. The Labute approximate surface area is 101 Å². The zero-order valence-corrected chi connectivity index (χ0v) is 9.61. The van der Waals surface area contributed by atoms with Crippen LogP contribution in [-0.2, 0) is 11.2 Å². The smallest absolute Gasteiger partial charge is 0.263 e. The second kappa shape index (κ2) is 5.09. The minimum atomic E-state index is -1.19. The molecular formula is C10H11N3O3S. The number of nitrogens with two attached hydrogens (primary N) is 1. The number of carbonyl (C=O) groups excluding carboxylic acids is 1. The van der Waals surface area contributed by atoms with E-state index < -0.39 is 12.0 Å². The van der Waals surface area contributed by atoms with Gasteiger partial charge in [0, 0.05) is 11.8 Å². The van der Waals surface area contributed by atoms with Crippen molar-refractivity contribution in [3.8, 4) is 10.8 Å². The highest BCUT2D eigenvalue weighted by molar-refractivity contribution is 7.13. The number of hydrogen-bond donors (Lipinski definition) is 3. The molecule has 0 bridgehead atoms. The van der Waals surface area contributed by atoms with Gasteiger partial charge in [0.1, 0.15) is 6.10 Å². The van der Waals surface area contributed by atoms with Crippen LogP contribution < -0.4 is 11.3 Å². The van der Waals surface area contributed by atoms with Gasteiger partial charge in [-0.25, -0.2) is 10.8 Å². The van der Waals surface area contributed by atoms with Crippen molar-refractivity contribution in [1.82, 2.24) is 10.4 Å². The molecule has 0 aromatic carbocycles.